The SMILES string of the molecule is C=CC(=O)[N+]1(c2cc3c(Nc4ccc(F)c(Cl)c4)ncnc3cc2OCC2CCCO2)CCC[C@H]1NC(=O)O. The Bertz CT molecular complexity index is 1430. The number of halogens is 2. The molecule has 39 heavy (non-hydrogen) atoms. The van der Waals surface area contributed by atoms with E-state index in [-0.39, 0.29) is 28.1 Å². The van der Waals surface area contributed by atoms with Gasteiger partial charge in [-0.25, -0.2) is 28.4 Å². The standard InChI is InChI=1S/C27H27ClFN5O5/c1-2-25(35)34(9-3-6-24(34)33-27(36)37)22-12-18-21(13-23(22)39-14-17-5-4-10-38-17)30-15-31-26(18)32-16-7-8-20(29)19(28)11-16/h2,7-8,11-13,15,17,24,33H,1,3-6,9-10,14H2,(H-,30,31,32,36,37)/p+1/t17?,24-,34?/m0/s1. The number of hydrogen-bond donors (Lipinski definition) is 3. The highest BCUT2D eigenvalue weighted by atomic mass is 35.5. The predicted octanol–water partition coefficient (Wildman–Crippen LogP) is 5.13. The van der Waals surface area contributed by atoms with Gasteiger partial charge in [0.2, 0.25) is 0 Å². The summed E-state index contributed by atoms with van der Waals surface area (Å²) in [6, 6.07) is 7.67. The number of anilines is 2. The monoisotopic (exact) mass is 556 g/mol. The molecule has 10 nitrogen and oxygen atoms in total. The number of benzene rings is 2. The first-order chi connectivity index (χ1) is 18.8. The summed E-state index contributed by atoms with van der Waals surface area (Å²) in [6.45, 7) is 4.96. The molecule has 0 aliphatic carbocycles. The molecule has 2 aliphatic heterocycles. The van der Waals surface area contributed by atoms with E-state index in [2.05, 4.69) is 27.2 Å². The molecule has 2 saturated heterocycles. The highest BCUT2D eigenvalue weighted by Gasteiger charge is 2.51. The van der Waals surface area contributed by atoms with Gasteiger partial charge in [0.25, 0.3) is 0 Å². The molecule has 1 aromatic heterocycles. The van der Waals surface area contributed by atoms with E-state index in [0.717, 1.165) is 12.8 Å². The third-order valence-corrected chi connectivity index (χ3v) is 7.45. The van der Waals surface area contributed by atoms with Gasteiger partial charge in [0, 0.05) is 48.7 Å². The van der Waals surface area contributed by atoms with Crippen LogP contribution in [0.1, 0.15) is 25.7 Å². The fraction of sp³-hybridized carbons (Fsp3) is 0.333. The summed E-state index contributed by atoms with van der Waals surface area (Å²) < 4.78 is 25.4. The second-order valence-corrected chi connectivity index (χ2v) is 9.91. The normalized spacial score (nSPS) is 22.5. The van der Waals surface area contributed by atoms with Gasteiger partial charge in [-0.2, -0.15) is 0 Å². The smallest absolute Gasteiger partial charge is 0.409 e. The first kappa shape index (κ1) is 26.8. The Morgan fingerprint density at radius 1 is 1.26 bits per heavy atom. The largest absolute Gasteiger partial charge is 0.485 e. The number of amides is 2. The summed E-state index contributed by atoms with van der Waals surface area (Å²) in [5, 5.41) is 15.7. The lowest BCUT2D eigenvalue weighted by Crippen LogP contribution is -2.62. The van der Waals surface area contributed by atoms with Crippen LogP contribution >= 0.6 is 11.6 Å². The van der Waals surface area contributed by atoms with Crippen molar-refractivity contribution in [2.24, 2.45) is 0 Å². The molecule has 0 radical (unpaired) electrons. The summed E-state index contributed by atoms with van der Waals surface area (Å²) in [5.74, 6) is -0.141. The topological polar surface area (TPSA) is 123 Å². The quantitative estimate of drug-likeness (QED) is 0.258. The second kappa shape index (κ2) is 11.1. The van der Waals surface area contributed by atoms with Gasteiger partial charge in [0.05, 0.1) is 23.2 Å². The van der Waals surface area contributed by atoms with Crippen molar-refractivity contribution >= 4 is 51.7 Å². The van der Waals surface area contributed by atoms with Crippen LogP contribution in [0.25, 0.3) is 10.9 Å². The molecule has 2 amide bonds. The molecule has 0 spiro atoms. The first-order valence-electron chi connectivity index (χ1n) is 12.6. The lowest BCUT2D eigenvalue weighted by molar-refractivity contribution is -0.126. The van der Waals surface area contributed by atoms with Gasteiger partial charge in [-0.15, -0.1) is 0 Å². The van der Waals surface area contributed by atoms with E-state index in [1.54, 1.807) is 12.1 Å². The van der Waals surface area contributed by atoms with Gasteiger partial charge >= 0.3 is 12.0 Å². The van der Waals surface area contributed by atoms with Gasteiger partial charge in [0.15, 0.2) is 17.6 Å². The zero-order chi connectivity index (χ0) is 27.6. The van der Waals surface area contributed by atoms with Crippen molar-refractivity contribution in [2.75, 3.05) is 25.1 Å². The van der Waals surface area contributed by atoms with Gasteiger partial charge in [-0.1, -0.05) is 18.2 Å². The van der Waals surface area contributed by atoms with Crippen molar-refractivity contribution in [1.82, 2.24) is 19.8 Å². The molecule has 3 atom stereocenters. The fourth-order valence-corrected chi connectivity index (χ4v) is 5.52. The molecule has 3 heterocycles. The number of nitrogens with one attached hydrogen (secondary N) is 2. The molecule has 204 valence electrons. The number of nitrogens with zero attached hydrogens (tertiary/aromatic N) is 3. The minimum absolute atomic E-state index is 0.0513. The van der Waals surface area contributed by atoms with Crippen LogP contribution in [0.3, 0.4) is 0 Å². The maximum atomic E-state index is 13.7. The molecule has 2 aliphatic rings. The predicted molar refractivity (Wildman–Crippen MR) is 145 cm³/mol. The minimum Gasteiger partial charge on any atom is -0.485 e. The Morgan fingerprint density at radius 2 is 2.10 bits per heavy atom. The fourth-order valence-electron chi connectivity index (χ4n) is 5.34. The number of carboxylic acid groups (broad SMARTS) is 1. The Morgan fingerprint density at radius 3 is 2.82 bits per heavy atom. The summed E-state index contributed by atoms with van der Waals surface area (Å²) in [7, 11) is 0. The molecule has 2 unspecified atom stereocenters. The number of carbonyl (C=O) groups is 2. The highest BCUT2D eigenvalue weighted by molar-refractivity contribution is 6.31. The third-order valence-electron chi connectivity index (χ3n) is 7.16. The van der Waals surface area contributed by atoms with E-state index in [1.807, 2.05) is 0 Å². The maximum Gasteiger partial charge on any atom is 0.409 e. The van der Waals surface area contributed by atoms with Crippen molar-refractivity contribution in [3.8, 4) is 5.75 Å². The lowest BCUT2D eigenvalue weighted by atomic mass is 10.1. The van der Waals surface area contributed by atoms with E-state index in [9.17, 15) is 19.1 Å². The number of likely N-dealkylation sites (tertiary alicyclic amines) is 1. The van der Waals surface area contributed by atoms with Crippen LogP contribution in [0, 0.1) is 5.82 Å². The number of quaternary nitrogens is 1. The van der Waals surface area contributed by atoms with E-state index in [1.165, 1.54) is 30.6 Å². The van der Waals surface area contributed by atoms with E-state index >= 15 is 0 Å². The van der Waals surface area contributed by atoms with Crippen LogP contribution in [0.5, 0.6) is 5.75 Å². The zero-order valence-corrected chi connectivity index (χ0v) is 21.8. The third kappa shape index (κ3) is 5.25. The summed E-state index contributed by atoms with van der Waals surface area (Å²) in [4.78, 5) is 34.1. The molecule has 3 N–H and O–H groups in total. The van der Waals surface area contributed by atoms with Crippen LogP contribution in [-0.2, 0) is 9.53 Å². The number of carbonyl (C=O) groups excluding carboxylic acids is 1. The van der Waals surface area contributed by atoms with E-state index in [4.69, 9.17) is 21.1 Å². The van der Waals surface area contributed by atoms with Crippen molar-refractivity contribution in [1.29, 1.82) is 0 Å². The molecule has 0 saturated carbocycles. The average molecular weight is 557 g/mol. The average Bonchev–Trinajstić information content (AvgIpc) is 3.59. The Labute approximate surface area is 229 Å². The van der Waals surface area contributed by atoms with E-state index in [0.29, 0.717) is 59.8 Å². The molecular weight excluding hydrogens is 529 g/mol. The Balaban J connectivity index is 1.66. The first-order valence-corrected chi connectivity index (χ1v) is 13.0. The van der Waals surface area contributed by atoms with Crippen LogP contribution in [0.4, 0.5) is 26.4 Å². The Hall–Kier alpha value is -3.80. The van der Waals surface area contributed by atoms with Crippen molar-refractivity contribution < 1.29 is 28.6 Å². The van der Waals surface area contributed by atoms with Crippen molar-refractivity contribution in [3.63, 3.8) is 0 Å². The van der Waals surface area contributed by atoms with Crippen LogP contribution in [-0.4, -0.2) is 59.1 Å². The number of ether oxygens (including phenoxy) is 2. The zero-order valence-electron chi connectivity index (χ0n) is 21.0. The molecule has 0 bridgehead atoms. The molecule has 2 aromatic carbocycles. The maximum absolute atomic E-state index is 13.7. The number of rotatable bonds is 8. The van der Waals surface area contributed by atoms with Gasteiger partial charge in [-0.3, -0.25) is 5.32 Å². The van der Waals surface area contributed by atoms with Gasteiger partial charge in [-0.05, 0) is 31.0 Å². The van der Waals surface area contributed by atoms with E-state index < -0.39 is 18.1 Å². The molecule has 12 heteroatoms. The Kier molecular flexibility index (Phi) is 7.65. The molecule has 3 aromatic rings. The highest BCUT2D eigenvalue weighted by Crippen LogP contribution is 2.44. The number of hydrogen-bond acceptors (Lipinski definition) is 7. The minimum atomic E-state index is -1.23. The number of fused-ring (bicyclic) bond motifs is 1. The molecular formula is C27H28ClFN5O5+. The number of aromatic nitrogens is 2. The summed E-state index contributed by atoms with van der Waals surface area (Å²) in [5.41, 5.74) is 1.48. The second-order valence-electron chi connectivity index (χ2n) is 9.50. The van der Waals surface area contributed by atoms with Crippen LogP contribution in [0.15, 0.2) is 49.3 Å². The van der Waals surface area contributed by atoms with Gasteiger partial charge in [0.1, 0.15) is 24.6 Å². The van der Waals surface area contributed by atoms with Crippen LogP contribution < -0.4 is 19.9 Å². The van der Waals surface area contributed by atoms with Crippen molar-refractivity contribution in [2.45, 2.75) is 38.0 Å². The van der Waals surface area contributed by atoms with Gasteiger partial charge < -0.3 is 19.9 Å². The molecule has 2 fully saturated rings. The lowest BCUT2D eigenvalue weighted by Gasteiger charge is -2.36. The van der Waals surface area contributed by atoms with Crippen LogP contribution in [0.2, 0.25) is 5.02 Å². The summed E-state index contributed by atoms with van der Waals surface area (Å²) in [6.07, 6.45) is 3.34. The molecule has 5 rings (SSSR count). The summed E-state index contributed by atoms with van der Waals surface area (Å²) >= 11 is 5.97. The van der Waals surface area contributed by atoms with Crippen molar-refractivity contribution in [3.05, 3.63) is 60.2 Å².